The van der Waals surface area contributed by atoms with Crippen LogP contribution < -0.4 is 10.3 Å². The summed E-state index contributed by atoms with van der Waals surface area (Å²) in [6, 6.07) is 12.4. The highest BCUT2D eigenvalue weighted by molar-refractivity contribution is 5.79. The Kier molecular flexibility index (Phi) is 4.33. The fourth-order valence-electron chi connectivity index (χ4n) is 2.59. The molecule has 0 aliphatic carbocycles. The number of phenolic OH excluding ortho intramolecular Hbond substituents is 1. The van der Waals surface area contributed by atoms with E-state index >= 15 is 0 Å². The summed E-state index contributed by atoms with van der Waals surface area (Å²) < 4.78 is 6.74. The van der Waals surface area contributed by atoms with Crippen LogP contribution in [0.5, 0.6) is 11.5 Å². The number of phenols is 1. The average Bonchev–Trinajstić information content (AvgIpc) is 2.61. The van der Waals surface area contributed by atoms with E-state index in [2.05, 4.69) is 4.98 Å². The minimum atomic E-state index is -0.0500. The Labute approximate surface area is 139 Å². The molecule has 0 aliphatic rings. The van der Waals surface area contributed by atoms with Gasteiger partial charge in [0.15, 0.2) is 11.5 Å². The molecule has 1 aromatic heterocycles. The fourth-order valence-corrected chi connectivity index (χ4v) is 2.59. The van der Waals surface area contributed by atoms with Gasteiger partial charge in [0.25, 0.3) is 5.56 Å². The third-order valence-electron chi connectivity index (χ3n) is 3.84. The molecule has 0 saturated heterocycles. The summed E-state index contributed by atoms with van der Waals surface area (Å²) in [6.07, 6.45) is 3.63. The first-order valence-corrected chi connectivity index (χ1v) is 7.68. The van der Waals surface area contributed by atoms with Gasteiger partial charge in [0, 0.05) is 6.54 Å². The summed E-state index contributed by atoms with van der Waals surface area (Å²) in [6.45, 7) is 2.45. The summed E-state index contributed by atoms with van der Waals surface area (Å²) in [7, 11) is 1.50. The van der Waals surface area contributed by atoms with Crippen molar-refractivity contribution in [3.8, 4) is 11.5 Å². The minimum absolute atomic E-state index is 0.0500. The van der Waals surface area contributed by atoms with Gasteiger partial charge in [0.1, 0.15) is 5.82 Å². The molecule has 0 aliphatic heterocycles. The molecule has 3 rings (SSSR count). The summed E-state index contributed by atoms with van der Waals surface area (Å²) >= 11 is 0. The Morgan fingerprint density at radius 2 is 2.00 bits per heavy atom. The van der Waals surface area contributed by atoms with Gasteiger partial charge in [0.05, 0.1) is 18.0 Å². The number of nitrogens with zero attached hydrogens (tertiary/aromatic N) is 2. The van der Waals surface area contributed by atoms with E-state index < -0.39 is 0 Å². The molecule has 3 aromatic rings. The summed E-state index contributed by atoms with van der Waals surface area (Å²) in [5.74, 6) is 1.08. The zero-order valence-corrected chi connectivity index (χ0v) is 13.6. The maximum atomic E-state index is 12.6. The molecule has 1 heterocycles. The van der Waals surface area contributed by atoms with Crippen molar-refractivity contribution in [1.29, 1.82) is 0 Å². The molecular weight excluding hydrogens is 304 g/mol. The maximum absolute atomic E-state index is 12.6. The van der Waals surface area contributed by atoms with Crippen molar-refractivity contribution in [2.75, 3.05) is 7.11 Å². The predicted molar refractivity (Wildman–Crippen MR) is 95.3 cm³/mol. The SMILES string of the molecule is CCn1c(/C=C/c2ccc(O)c(OC)c2)nc2ccccc2c1=O. The van der Waals surface area contributed by atoms with E-state index in [0.717, 1.165) is 5.56 Å². The maximum Gasteiger partial charge on any atom is 0.261 e. The van der Waals surface area contributed by atoms with Gasteiger partial charge in [-0.05, 0) is 42.8 Å². The van der Waals surface area contributed by atoms with Crippen molar-refractivity contribution in [3.63, 3.8) is 0 Å². The number of aromatic nitrogens is 2. The summed E-state index contributed by atoms with van der Waals surface area (Å²) in [5, 5.41) is 10.3. The largest absolute Gasteiger partial charge is 0.504 e. The average molecular weight is 322 g/mol. The minimum Gasteiger partial charge on any atom is -0.504 e. The van der Waals surface area contributed by atoms with Crippen LogP contribution in [0.3, 0.4) is 0 Å². The Morgan fingerprint density at radius 1 is 1.21 bits per heavy atom. The molecule has 0 unspecified atom stereocenters. The number of aromatic hydroxyl groups is 1. The lowest BCUT2D eigenvalue weighted by Crippen LogP contribution is -2.22. The normalized spacial score (nSPS) is 11.2. The van der Waals surface area contributed by atoms with E-state index in [1.807, 2.05) is 31.2 Å². The Bertz CT molecular complexity index is 974. The van der Waals surface area contributed by atoms with Gasteiger partial charge >= 0.3 is 0 Å². The lowest BCUT2D eigenvalue weighted by atomic mass is 10.2. The van der Waals surface area contributed by atoms with Crippen molar-refractivity contribution in [3.05, 3.63) is 64.2 Å². The van der Waals surface area contributed by atoms with Crippen LogP contribution in [0.1, 0.15) is 18.3 Å². The molecule has 0 radical (unpaired) electrons. The zero-order chi connectivity index (χ0) is 17.1. The first-order chi connectivity index (χ1) is 11.6. The van der Waals surface area contributed by atoms with E-state index in [1.54, 1.807) is 34.9 Å². The number of fused-ring (bicyclic) bond motifs is 1. The molecule has 122 valence electrons. The number of rotatable bonds is 4. The highest BCUT2D eigenvalue weighted by atomic mass is 16.5. The van der Waals surface area contributed by atoms with Crippen LogP contribution in [0.15, 0.2) is 47.3 Å². The van der Waals surface area contributed by atoms with Gasteiger partial charge < -0.3 is 9.84 Å². The second-order valence-corrected chi connectivity index (χ2v) is 5.30. The number of para-hydroxylation sites is 1. The van der Waals surface area contributed by atoms with E-state index in [4.69, 9.17) is 4.74 Å². The second-order valence-electron chi connectivity index (χ2n) is 5.30. The van der Waals surface area contributed by atoms with Gasteiger partial charge in [-0.1, -0.05) is 24.3 Å². The molecule has 5 nitrogen and oxygen atoms in total. The van der Waals surface area contributed by atoms with Crippen molar-refractivity contribution in [1.82, 2.24) is 9.55 Å². The van der Waals surface area contributed by atoms with E-state index in [0.29, 0.717) is 29.0 Å². The van der Waals surface area contributed by atoms with E-state index in [9.17, 15) is 9.90 Å². The van der Waals surface area contributed by atoms with Crippen molar-refractivity contribution < 1.29 is 9.84 Å². The van der Waals surface area contributed by atoms with Gasteiger partial charge in [0.2, 0.25) is 0 Å². The topological polar surface area (TPSA) is 64.3 Å². The number of hydrogen-bond donors (Lipinski definition) is 1. The highest BCUT2D eigenvalue weighted by Crippen LogP contribution is 2.27. The Morgan fingerprint density at radius 3 is 2.75 bits per heavy atom. The monoisotopic (exact) mass is 322 g/mol. The third kappa shape index (κ3) is 2.88. The molecule has 0 spiro atoms. The van der Waals surface area contributed by atoms with Crippen LogP contribution >= 0.6 is 0 Å². The molecule has 0 fully saturated rings. The lowest BCUT2D eigenvalue weighted by molar-refractivity contribution is 0.373. The van der Waals surface area contributed by atoms with Crippen LogP contribution in [0.2, 0.25) is 0 Å². The molecule has 1 N–H and O–H groups in total. The van der Waals surface area contributed by atoms with E-state index in [1.165, 1.54) is 7.11 Å². The van der Waals surface area contributed by atoms with Gasteiger partial charge in [-0.2, -0.15) is 0 Å². The van der Waals surface area contributed by atoms with Crippen LogP contribution in [-0.2, 0) is 6.54 Å². The molecule has 24 heavy (non-hydrogen) atoms. The lowest BCUT2D eigenvalue weighted by Gasteiger charge is -2.09. The Balaban J connectivity index is 2.08. The van der Waals surface area contributed by atoms with E-state index in [-0.39, 0.29) is 11.3 Å². The first-order valence-electron chi connectivity index (χ1n) is 7.68. The summed E-state index contributed by atoms with van der Waals surface area (Å²) in [4.78, 5) is 17.2. The molecular formula is C19H18N2O3. The number of methoxy groups -OCH3 is 1. The summed E-state index contributed by atoms with van der Waals surface area (Å²) in [5.41, 5.74) is 1.47. The van der Waals surface area contributed by atoms with Gasteiger partial charge in [-0.15, -0.1) is 0 Å². The fraction of sp³-hybridized carbons (Fsp3) is 0.158. The number of benzene rings is 2. The molecule has 2 aromatic carbocycles. The zero-order valence-electron chi connectivity index (χ0n) is 13.6. The quantitative estimate of drug-likeness (QED) is 0.800. The van der Waals surface area contributed by atoms with Gasteiger partial charge in [-0.25, -0.2) is 4.98 Å². The van der Waals surface area contributed by atoms with Crippen molar-refractivity contribution in [2.24, 2.45) is 0 Å². The van der Waals surface area contributed by atoms with Crippen LogP contribution in [0, 0.1) is 0 Å². The van der Waals surface area contributed by atoms with Crippen LogP contribution in [0.25, 0.3) is 23.1 Å². The van der Waals surface area contributed by atoms with Gasteiger partial charge in [-0.3, -0.25) is 9.36 Å². The number of hydrogen-bond acceptors (Lipinski definition) is 4. The van der Waals surface area contributed by atoms with Crippen LogP contribution in [0.4, 0.5) is 0 Å². The molecule has 0 amide bonds. The predicted octanol–water partition coefficient (Wildman–Crippen LogP) is 3.30. The molecule has 0 saturated carbocycles. The second kappa shape index (κ2) is 6.58. The number of ether oxygens (including phenoxy) is 1. The first kappa shape index (κ1) is 15.8. The highest BCUT2D eigenvalue weighted by Gasteiger charge is 2.07. The standard InChI is InChI=1S/C19H18N2O3/c1-3-21-18(20-15-7-5-4-6-14(15)19(21)23)11-9-13-8-10-16(22)17(12-13)24-2/h4-12,22H,3H2,1-2H3/b11-9+. The molecule has 0 atom stereocenters. The smallest absolute Gasteiger partial charge is 0.261 e. The van der Waals surface area contributed by atoms with Crippen molar-refractivity contribution >= 4 is 23.1 Å². The molecule has 0 bridgehead atoms. The van der Waals surface area contributed by atoms with Crippen molar-refractivity contribution in [2.45, 2.75) is 13.5 Å². The Hall–Kier alpha value is -3.08. The van der Waals surface area contributed by atoms with Crippen LogP contribution in [-0.4, -0.2) is 21.8 Å². The molecule has 5 heteroatoms. The third-order valence-corrected chi connectivity index (χ3v) is 3.84.